The van der Waals surface area contributed by atoms with Crippen LogP contribution in [0.25, 0.3) is 0 Å². The molecule has 29 heavy (non-hydrogen) atoms. The number of hydrogen-bond donors (Lipinski definition) is 1. The molecule has 0 radical (unpaired) electrons. The zero-order valence-electron chi connectivity index (χ0n) is 17.1. The van der Waals surface area contributed by atoms with E-state index in [2.05, 4.69) is 10.4 Å². The van der Waals surface area contributed by atoms with Gasteiger partial charge in [-0.3, -0.25) is 9.48 Å². The lowest BCUT2D eigenvalue weighted by Crippen LogP contribution is -2.26. The molecule has 0 unspecified atom stereocenters. The quantitative estimate of drug-likeness (QED) is 0.678. The van der Waals surface area contributed by atoms with E-state index in [4.69, 9.17) is 4.74 Å². The highest BCUT2D eigenvalue weighted by atomic mass is 19.4. The second-order valence-electron chi connectivity index (χ2n) is 8.32. The Kier molecular flexibility index (Phi) is 5.65. The summed E-state index contributed by atoms with van der Waals surface area (Å²) in [7, 11) is 0. The zero-order valence-corrected chi connectivity index (χ0v) is 17.1. The van der Waals surface area contributed by atoms with E-state index < -0.39 is 17.6 Å². The van der Waals surface area contributed by atoms with E-state index in [0.29, 0.717) is 18.9 Å². The number of amides is 1. The Bertz CT molecular complexity index is 894. The van der Waals surface area contributed by atoms with E-state index >= 15 is 0 Å². The molecule has 5 nitrogen and oxygen atoms in total. The number of alkyl halides is 3. The summed E-state index contributed by atoms with van der Waals surface area (Å²) in [5.74, 6) is 0.0155. The van der Waals surface area contributed by atoms with Crippen molar-refractivity contribution in [3.8, 4) is 5.75 Å². The van der Waals surface area contributed by atoms with E-state index in [9.17, 15) is 18.0 Å². The molecular formula is C21H26F3N3O2. The van der Waals surface area contributed by atoms with Crippen LogP contribution < -0.4 is 10.1 Å². The van der Waals surface area contributed by atoms with Gasteiger partial charge in [-0.05, 0) is 64.3 Å². The lowest BCUT2D eigenvalue weighted by atomic mass is 10.1. The third-order valence-corrected chi connectivity index (χ3v) is 4.62. The maximum atomic E-state index is 13.1. The molecule has 158 valence electrons. The van der Waals surface area contributed by atoms with E-state index in [0.717, 1.165) is 30.7 Å². The molecule has 1 aromatic heterocycles. The number of carbonyl (C=O) groups is 1. The molecule has 1 fully saturated rings. The van der Waals surface area contributed by atoms with Crippen LogP contribution in [0.4, 0.5) is 18.9 Å². The summed E-state index contributed by atoms with van der Waals surface area (Å²) in [6.45, 7) is 8.21. The molecule has 1 aliphatic rings. The van der Waals surface area contributed by atoms with Gasteiger partial charge in [0.25, 0.3) is 5.91 Å². The largest absolute Gasteiger partial charge is 0.491 e. The van der Waals surface area contributed by atoms with Gasteiger partial charge in [0.2, 0.25) is 0 Å². The van der Waals surface area contributed by atoms with Crippen LogP contribution in [-0.2, 0) is 11.7 Å². The third kappa shape index (κ3) is 4.92. The van der Waals surface area contributed by atoms with Crippen molar-refractivity contribution in [3.63, 3.8) is 0 Å². The monoisotopic (exact) mass is 409 g/mol. The van der Waals surface area contributed by atoms with Gasteiger partial charge in [0, 0.05) is 11.6 Å². The topological polar surface area (TPSA) is 56.1 Å². The number of halogens is 3. The minimum absolute atomic E-state index is 0.0171. The molecule has 0 saturated heterocycles. The smallest absolute Gasteiger partial charge is 0.416 e. The maximum absolute atomic E-state index is 13.1. The number of ether oxygens (including phenoxy) is 1. The number of anilines is 1. The first kappa shape index (κ1) is 21.2. The molecule has 0 bridgehead atoms. The highest BCUT2D eigenvalue weighted by molar-refractivity contribution is 6.03. The average molecular weight is 409 g/mol. The number of nitrogens with zero attached hydrogens (tertiary/aromatic N) is 2. The van der Waals surface area contributed by atoms with Crippen LogP contribution in [0.5, 0.6) is 5.75 Å². The van der Waals surface area contributed by atoms with Crippen molar-refractivity contribution < 1.29 is 22.7 Å². The van der Waals surface area contributed by atoms with Gasteiger partial charge in [0.15, 0.2) is 5.69 Å². The van der Waals surface area contributed by atoms with Gasteiger partial charge in [-0.1, -0.05) is 6.92 Å². The number of aromatic nitrogens is 2. The molecule has 1 N–H and O–H groups in total. The number of benzene rings is 1. The predicted molar refractivity (Wildman–Crippen MR) is 104 cm³/mol. The molecule has 8 heteroatoms. The highest BCUT2D eigenvalue weighted by Gasteiger charge is 2.34. The fraction of sp³-hybridized carbons (Fsp3) is 0.524. The molecule has 0 spiro atoms. The van der Waals surface area contributed by atoms with E-state index in [1.54, 1.807) is 6.07 Å². The molecule has 1 aliphatic carbocycles. The van der Waals surface area contributed by atoms with Crippen molar-refractivity contribution in [2.45, 2.75) is 64.6 Å². The fourth-order valence-electron chi connectivity index (χ4n) is 3.04. The summed E-state index contributed by atoms with van der Waals surface area (Å²) < 4.78 is 46.7. The summed E-state index contributed by atoms with van der Waals surface area (Å²) >= 11 is 0. The summed E-state index contributed by atoms with van der Waals surface area (Å²) in [5.41, 5.74) is -0.0101. The van der Waals surface area contributed by atoms with Crippen molar-refractivity contribution in [2.75, 3.05) is 11.9 Å². The minimum Gasteiger partial charge on any atom is -0.491 e. The molecule has 3 rings (SSSR count). The normalized spacial score (nSPS) is 14.7. The average Bonchev–Trinajstić information content (AvgIpc) is 3.36. The molecule has 0 aliphatic heterocycles. The Hall–Kier alpha value is -2.51. The van der Waals surface area contributed by atoms with Gasteiger partial charge in [-0.25, -0.2) is 0 Å². The van der Waals surface area contributed by atoms with E-state index in [1.807, 2.05) is 32.4 Å². The van der Waals surface area contributed by atoms with Crippen LogP contribution in [0.15, 0.2) is 24.3 Å². The Morgan fingerprint density at radius 3 is 2.48 bits per heavy atom. The summed E-state index contributed by atoms with van der Waals surface area (Å²) in [6, 6.07) is 4.81. The molecule has 1 amide bonds. The summed E-state index contributed by atoms with van der Waals surface area (Å²) in [5, 5.41) is 7.00. The first-order chi connectivity index (χ1) is 13.5. The van der Waals surface area contributed by atoms with Crippen molar-refractivity contribution in [3.05, 3.63) is 41.2 Å². The lowest BCUT2D eigenvalue weighted by Gasteiger charge is -2.22. The Balaban J connectivity index is 1.91. The van der Waals surface area contributed by atoms with Gasteiger partial charge in [0.1, 0.15) is 5.75 Å². The standard InChI is InChI=1S/C21H26F3N3O2/c1-5-10-29-18-9-8-14(21(22,23)24)11-15(18)25-19(28)16-12-17(13-6-7-13)27(26-16)20(2,3)4/h8-9,11-13H,5-7,10H2,1-4H3,(H,25,28). The Labute approximate surface area is 168 Å². The first-order valence-electron chi connectivity index (χ1n) is 9.76. The van der Waals surface area contributed by atoms with Gasteiger partial charge in [0.05, 0.1) is 23.4 Å². The van der Waals surface area contributed by atoms with Crippen LogP contribution in [0, 0.1) is 0 Å². The summed E-state index contributed by atoms with van der Waals surface area (Å²) in [4.78, 5) is 12.8. The fourth-order valence-corrected chi connectivity index (χ4v) is 3.04. The number of rotatable bonds is 6. The van der Waals surface area contributed by atoms with Crippen molar-refractivity contribution >= 4 is 11.6 Å². The maximum Gasteiger partial charge on any atom is 0.416 e. The van der Waals surface area contributed by atoms with Gasteiger partial charge in [-0.2, -0.15) is 18.3 Å². The number of nitrogens with one attached hydrogen (secondary N) is 1. The second kappa shape index (κ2) is 7.72. The van der Waals surface area contributed by atoms with Crippen LogP contribution in [0.1, 0.15) is 74.6 Å². The van der Waals surface area contributed by atoms with Crippen molar-refractivity contribution in [2.24, 2.45) is 0 Å². The van der Waals surface area contributed by atoms with Crippen molar-refractivity contribution in [1.82, 2.24) is 9.78 Å². The first-order valence-corrected chi connectivity index (χ1v) is 9.76. The van der Waals surface area contributed by atoms with Crippen molar-refractivity contribution in [1.29, 1.82) is 0 Å². The zero-order chi connectivity index (χ0) is 21.4. The van der Waals surface area contributed by atoms with Crippen LogP contribution in [-0.4, -0.2) is 22.3 Å². The van der Waals surface area contributed by atoms with Crippen LogP contribution in [0.2, 0.25) is 0 Å². The van der Waals surface area contributed by atoms with E-state index in [-0.39, 0.29) is 22.7 Å². The molecule has 0 atom stereocenters. The lowest BCUT2D eigenvalue weighted by molar-refractivity contribution is -0.137. The number of carbonyl (C=O) groups excluding carboxylic acids is 1. The highest BCUT2D eigenvalue weighted by Crippen LogP contribution is 2.42. The number of hydrogen-bond acceptors (Lipinski definition) is 3. The molecule has 1 aromatic carbocycles. The third-order valence-electron chi connectivity index (χ3n) is 4.62. The summed E-state index contributed by atoms with van der Waals surface area (Å²) in [6.07, 6.45) is -1.73. The van der Waals surface area contributed by atoms with Gasteiger partial charge in [-0.15, -0.1) is 0 Å². The van der Waals surface area contributed by atoms with Crippen LogP contribution >= 0.6 is 0 Å². The van der Waals surface area contributed by atoms with Gasteiger partial charge < -0.3 is 10.1 Å². The minimum atomic E-state index is -4.52. The van der Waals surface area contributed by atoms with Gasteiger partial charge >= 0.3 is 6.18 Å². The molecule has 2 aromatic rings. The Morgan fingerprint density at radius 2 is 1.93 bits per heavy atom. The van der Waals surface area contributed by atoms with Crippen LogP contribution in [0.3, 0.4) is 0 Å². The SMILES string of the molecule is CCCOc1ccc(C(F)(F)F)cc1NC(=O)c1cc(C2CC2)n(C(C)(C)C)n1. The predicted octanol–water partition coefficient (Wildman–Crippen LogP) is 5.58. The molecule has 1 saturated carbocycles. The molecule has 1 heterocycles. The Morgan fingerprint density at radius 1 is 1.24 bits per heavy atom. The molecular weight excluding hydrogens is 383 g/mol. The second-order valence-corrected chi connectivity index (χ2v) is 8.32. The van der Waals surface area contributed by atoms with E-state index in [1.165, 1.54) is 6.07 Å².